The van der Waals surface area contributed by atoms with Crippen LogP contribution in [0.3, 0.4) is 0 Å². The molecule has 0 radical (unpaired) electrons. The van der Waals surface area contributed by atoms with Crippen LogP contribution in [0.5, 0.6) is 0 Å². The average molecular weight is 327 g/mol. The highest BCUT2D eigenvalue weighted by Crippen LogP contribution is 2.13. The summed E-state index contributed by atoms with van der Waals surface area (Å²) in [5.74, 6) is -0.0502. The van der Waals surface area contributed by atoms with Gasteiger partial charge >= 0.3 is 0 Å². The Labute approximate surface area is 122 Å². The Balaban J connectivity index is 0.00000103. The molecule has 0 amide bonds. The standard InChI is InChI=1S/C10H9BrN4O.C2H6.CH4/c1-15-12-6-9(14-15)7-3-2-4-8(13-7)10(16)5-11;1-2;/h2-4,6H,5H2,1H3;1-2H3;1H4. The van der Waals surface area contributed by atoms with Crippen molar-refractivity contribution >= 4 is 21.7 Å². The van der Waals surface area contributed by atoms with Gasteiger partial charge in [-0.25, -0.2) is 4.98 Å². The molecule has 2 heterocycles. The number of ketones is 1. The Hall–Kier alpha value is -1.56. The summed E-state index contributed by atoms with van der Waals surface area (Å²) in [6, 6.07) is 5.27. The molecule has 0 aliphatic rings. The van der Waals surface area contributed by atoms with Crippen molar-refractivity contribution in [3.05, 3.63) is 30.1 Å². The van der Waals surface area contributed by atoms with Crippen LogP contribution in [-0.4, -0.2) is 31.1 Å². The first-order valence-corrected chi connectivity index (χ1v) is 6.76. The number of aromatic nitrogens is 4. The molecule has 0 spiro atoms. The molecule has 0 unspecified atom stereocenters. The predicted octanol–water partition coefficient (Wildman–Crippen LogP) is 3.12. The van der Waals surface area contributed by atoms with Crippen molar-refractivity contribution in [2.45, 2.75) is 21.3 Å². The van der Waals surface area contributed by atoms with Crippen molar-refractivity contribution < 1.29 is 4.79 Å². The molecular formula is C13H19BrN4O. The number of carbonyl (C=O) groups is 1. The Morgan fingerprint density at radius 2 is 2.00 bits per heavy atom. The van der Waals surface area contributed by atoms with E-state index in [1.54, 1.807) is 31.4 Å². The fourth-order valence-corrected chi connectivity index (χ4v) is 1.55. The number of nitrogens with zero attached hydrogens (tertiary/aromatic N) is 4. The van der Waals surface area contributed by atoms with E-state index in [0.29, 0.717) is 17.1 Å². The molecule has 104 valence electrons. The van der Waals surface area contributed by atoms with Crippen molar-refractivity contribution in [2.75, 3.05) is 5.33 Å². The Kier molecular flexibility index (Phi) is 7.83. The number of Topliss-reactive ketones (excluding diaryl/α,β-unsaturated/α-hetero) is 1. The van der Waals surface area contributed by atoms with E-state index in [4.69, 9.17) is 0 Å². The van der Waals surface area contributed by atoms with E-state index >= 15 is 0 Å². The smallest absolute Gasteiger partial charge is 0.191 e. The monoisotopic (exact) mass is 326 g/mol. The lowest BCUT2D eigenvalue weighted by Gasteiger charge is -1.99. The van der Waals surface area contributed by atoms with Crippen molar-refractivity contribution in [1.82, 2.24) is 20.0 Å². The van der Waals surface area contributed by atoms with Gasteiger partial charge in [-0.05, 0) is 12.1 Å². The molecule has 0 fully saturated rings. The third-order valence-corrected chi connectivity index (χ3v) is 2.53. The summed E-state index contributed by atoms with van der Waals surface area (Å²) >= 11 is 3.11. The summed E-state index contributed by atoms with van der Waals surface area (Å²) in [5.41, 5.74) is 1.74. The zero-order valence-electron chi connectivity index (χ0n) is 10.6. The number of hydrogen-bond donors (Lipinski definition) is 0. The average Bonchev–Trinajstić information content (AvgIpc) is 2.87. The van der Waals surface area contributed by atoms with Crippen LogP contribution in [0.1, 0.15) is 31.8 Å². The van der Waals surface area contributed by atoms with E-state index in [1.807, 2.05) is 13.8 Å². The number of aryl methyl sites for hydroxylation is 1. The normalized spacial score (nSPS) is 9.05. The lowest BCUT2D eigenvalue weighted by atomic mass is 10.2. The molecule has 0 saturated carbocycles. The van der Waals surface area contributed by atoms with Crippen molar-refractivity contribution in [3.8, 4) is 11.4 Å². The minimum absolute atomic E-state index is 0. The van der Waals surface area contributed by atoms with E-state index in [0.717, 1.165) is 0 Å². The van der Waals surface area contributed by atoms with Gasteiger partial charge in [0.2, 0.25) is 0 Å². The van der Waals surface area contributed by atoms with E-state index < -0.39 is 0 Å². The van der Waals surface area contributed by atoms with Crippen LogP contribution in [0.4, 0.5) is 0 Å². The largest absolute Gasteiger partial charge is 0.291 e. The van der Waals surface area contributed by atoms with Crippen LogP contribution in [0.15, 0.2) is 24.4 Å². The van der Waals surface area contributed by atoms with Crippen LogP contribution in [0.25, 0.3) is 11.4 Å². The topological polar surface area (TPSA) is 60.7 Å². The molecule has 6 heteroatoms. The number of pyridine rings is 1. The molecule has 19 heavy (non-hydrogen) atoms. The number of hydrogen-bond acceptors (Lipinski definition) is 4. The Morgan fingerprint density at radius 1 is 1.32 bits per heavy atom. The van der Waals surface area contributed by atoms with Gasteiger partial charge in [-0.3, -0.25) is 4.79 Å². The first-order chi connectivity index (χ1) is 8.70. The molecule has 2 rings (SSSR count). The van der Waals surface area contributed by atoms with Crippen LogP contribution < -0.4 is 0 Å². The summed E-state index contributed by atoms with van der Waals surface area (Å²) < 4.78 is 0. The number of rotatable bonds is 3. The van der Waals surface area contributed by atoms with Crippen LogP contribution in [0.2, 0.25) is 0 Å². The maximum atomic E-state index is 11.5. The van der Waals surface area contributed by atoms with E-state index in [2.05, 4.69) is 31.1 Å². The zero-order chi connectivity index (χ0) is 13.5. The molecular weight excluding hydrogens is 308 g/mol. The molecule has 2 aromatic heterocycles. The SMILES string of the molecule is C.CC.Cn1ncc(-c2cccc(C(=O)CBr)n2)n1. The van der Waals surface area contributed by atoms with Gasteiger partial charge in [-0.15, -0.1) is 0 Å². The van der Waals surface area contributed by atoms with Crippen LogP contribution in [0, 0.1) is 0 Å². The third kappa shape index (κ3) is 4.55. The molecule has 0 aliphatic carbocycles. The minimum Gasteiger partial charge on any atom is -0.291 e. The predicted molar refractivity (Wildman–Crippen MR) is 80.4 cm³/mol. The van der Waals surface area contributed by atoms with Gasteiger partial charge in [-0.1, -0.05) is 43.3 Å². The van der Waals surface area contributed by atoms with Crippen molar-refractivity contribution in [2.24, 2.45) is 7.05 Å². The van der Waals surface area contributed by atoms with Gasteiger partial charge < -0.3 is 0 Å². The molecule has 2 aromatic rings. The van der Waals surface area contributed by atoms with Crippen molar-refractivity contribution in [1.29, 1.82) is 0 Å². The highest BCUT2D eigenvalue weighted by atomic mass is 79.9. The van der Waals surface area contributed by atoms with Gasteiger partial charge in [-0.2, -0.15) is 15.0 Å². The quantitative estimate of drug-likeness (QED) is 0.642. The second-order valence-corrected chi connectivity index (χ2v) is 3.74. The number of alkyl halides is 1. The highest BCUT2D eigenvalue weighted by Gasteiger charge is 2.09. The first kappa shape index (κ1) is 17.4. The van der Waals surface area contributed by atoms with Crippen LogP contribution in [-0.2, 0) is 7.05 Å². The summed E-state index contributed by atoms with van der Waals surface area (Å²) in [5, 5.41) is 8.35. The maximum absolute atomic E-state index is 11.5. The van der Waals surface area contributed by atoms with Gasteiger partial charge in [0.15, 0.2) is 5.78 Å². The Morgan fingerprint density at radius 3 is 2.53 bits per heavy atom. The lowest BCUT2D eigenvalue weighted by Crippen LogP contribution is -2.03. The second kappa shape index (κ2) is 8.53. The third-order valence-electron chi connectivity index (χ3n) is 2.02. The second-order valence-electron chi connectivity index (χ2n) is 3.18. The fraction of sp³-hybridized carbons (Fsp3) is 0.385. The summed E-state index contributed by atoms with van der Waals surface area (Å²) in [6.07, 6.45) is 1.62. The first-order valence-electron chi connectivity index (χ1n) is 5.63. The summed E-state index contributed by atoms with van der Waals surface area (Å²) in [4.78, 5) is 17.1. The molecule has 5 nitrogen and oxygen atoms in total. The molecule has 0 aromatic carbocycles. The fourth-order valence-electron chi connectivity index (χ4n) is 1.26. The minimum atomic E-state index is -0.0502. The summed E-state index contributed by atoms with van der Waals surface area (Å²) in [7, 11) is 1.73. The lowest BCUT2D eigenvalue weighted by molar-refractivity contribution is 0.101. The zero-order valence-corrected chi connectivity index (χ0v) is 12.2. The van der Waals surface area contributed by atoms with Gasteiger partial charge in [0, 0.05) is 7.05 Å². The number of carbonyl (C=O) groups excluding carboxylic acids is 1. The molecule has 0 bridgehead atoms. The number of halogens is 1. The molecule has 0 saturated heterocycles. The van der Waals surface area contributed by atoms with Crippen LogP contribution >= 0.6 is 15.9 Å². The molecule has 0 aliphatic heterocycles. The maximum Gasteiger partial charge on any atom is 0.191 e. The van der Waals surface area contributed by atoms with E-state index in [-0.39, 0.29) is 18.5 Å². The summed E-state index contributed by atoms with van der Waals surface area (Å²) in [6.45, 7) is 4.00. The molecule has 0 atom stereocenters. The van der Waals surface area contributed by atoms with Crippen molar-refractivity contribution in [3.63, 3.8) is 0 Å². The van der Waals surface area contributed by atoms with Gasteiger partial charge in [0.05, 0.1) is 17.2 Å². The Bertz CT molecular complexity index is 525. The highest BCUT2D eigenvalue weighted by molar-refractivity contribution is 9.09. The van der Waals surface area contributed by atoms with Gasteiger partial charge in [0.1, 0.15) is 11.4 Å². The van der Waals surface area contributed by atoms with E-state index in [9.17, 15) is 4.79 Å². The van der Waals surface area contributed by atoms with E-state index in [1.165, 1.54) is 4.80 Å². The molecule has 0 N–H and O–H groups in total. The van der Waals surface area contributed by atoms with Gasteiger partial charge in [0.25, 0.3) is 0 Å².